The predicted molar refractivity (Wildman–Crippen MR) is 114 cm³/mol. The zero-order valence-corrected chi connectivity index (χ0v) is 16.3. The summed E-state index contributed by atoms with van der Waals surface area (Å²) >= 11 is 1.56. The molecule has 0 amide bonds. The van der Waals surface area contributed by atoms with E-state index in [1.54, 1.807) is 18.0 Å². The number of furan rings is 1. The van der Waals surface area contributed by atoms with Crippen molar-refractivity contribution in [3.05, 3.63) is 90.0 Å². The SMILES string of the molecule is C=CCc1ccc(/C(C)=C/N=C(CC)SC(=C)NCc2ccco2)cc1. The third-order valence-corrected chi connectivity index (χ3v) is 4.80. The molecule has 0 aliphatic carbocycles. The summed E-state index contributed by atoms with van der Waals surface area (Å²) in [6, 6.07) is 12.3. The number of allylic oxidation sites excluding steroid dienone is 2. The van der Waals surface area contributed by atoms with Crippen molar-refractivity contribution in [1.82, 2.24) is 5.32 Å². The molecule has 1 heterocycles. The molecule has 1 aromatic heterocycles. The highest BCUT2D eigenvalue weighted by Crippen LogP contribution is 2.19. The lowest BCUT2D eigenvalue weighted by atomic mass is 10.0. The minimum Gasteiger partial charge on any atom is -0.467 e. The zero-order valence-electron chi connectivity index (χ0n) is 15.5. The molecule has 0 bridgehead atoms. The van der Waals surface area contributed by atoms with Gasteiger partial charge in [0.2, 0.25) is 0 Å². The molecule has 0 saturated carbocycles. The molecular formula is C22H26N2OS. The third-order valence-electron chi connectivity index (χ3n) is 3.77. The normalized spacial score (nSPS) is 12.1. The molecule has 0 fully saturated rings. The van der Waals surface area contributed by atoms with Crippen LogP contribution in [0.4, 0.5) is 0 Å². The lowest BCUT2D eigenvalue weighted by Gasteiger charge is -2.08. The Labute approximate surface area is 160 Å². The summed E-state index contributed by atoms with van der Waals surface area (Å²) in [4.78, 5) is 4.64. The van der Waals surface area contributed by atoms with Crippen molar-refractivity contribution in [1.29, 1.82) is 0 Å². The van der Waals surface area contributed by atoms with E-state index in [-0.39, 0.29) is 0 Å². The van der Waals surface area contributed by atoms with E-state index in [1.165, 1.54) is 11.1 Å². The molecule has 1 N–H and O–H groups in total. The summed E-state index contributed by atoms with van der Waals surface area (Å²) in [5.74, 6) is 0.886. The molecule has 0 saturated heterocycles. The van der Waals surface area contributed by atoms with Gasteiger partial charge in [-0.2, -0.15) is 0 Å². The van der Waals surface area contributed by atoms with E-state index in [1.807, 2.05) is 24.4 Å². The Bertz CT molecular complexity index is 771. The van der Waals surface area contributed by atoms with Crippen LogP contribution in [0.3, 0.4) is 0 Å². The molecule has 26 heavy (non-hydrogen) atoms. The molecule has 136 valence electrons. The van der Waals surface area contributed by atoms with Gasteiger partial charge < -0.3 is 9.73 Å². The van der Waals surface area contributed by atoms with Crippen LogP contribution in [0.5, 0.6) is 0 Å². The standard InChI is InChI=1S/C22H26N2OS/c1-5-8-19-10-12-20(13-11-19)17(3)15-24-22(6-2)26-18(4)23-16-21-9-7-14-25-21/h5,7,9-15,23H,1,4,6,8,16H2,2-3H3/b17-15+,24-22?. The first-order valence-corrected chi connectivity index (χ1v) is 9.50. The van der Waals surface area contributed by atoms with Gasteiger partial charge in [-0.1, -0.05) is 55.6 Å². The minimum atomic E-state index is 0.627. The summed E-state index contributed by atoms with van der Waals surface area (Å²) in [6.45, 7) is 12.6. The van der Waals surface area contributed by atoms with Gasteiger partial charge in [0.25, 0.3) is 0 Å². The molecule has 0 atom stereocenters. The van der Waals surface area contributed by atoms with Crippen LogP contribution in [-0.4, -0.2) is 5.04 Å². The Hall–Kier alpha value is -2.46. The van der Waals surface area contributed by atoms with Crippen molar-refractivity contribution in [2.24, 2.45) is 4.99 Å². The van der Waals surface area contributed by atoms with Gasteiger partial charge in [-0.25, -0.2) is 0 Å². The van der Waals surface area contributed by atoms with Crippen molar-refractivity contribution in [3.63, 3.8) is 0 Å². The number of hydrogen-bond donors (Lipinski definition) is 1. The third kappa shape index (κ3) is 6.45. The Kier molecular flexibility index (Phi) is 8.03. The van der Waals surface area contributed by atoms with Crippen LogP contribution in [0.1, 0.15) is 37.2 Å². The molecule has 2 aromatic rings. The number of hydrogen-bond acceptors (Lipinski definition) is 4. The molecule has 0 unspecified atom stereocenters. The predicted octanol–water partition coefficient (Wildman–Crippen LogP) is 6.17. The van der Waals surface area contributed by atoms with Gasteiger partial charge in [-0.05, 0) is 48.6 Å². The van der Waals surface area contributed by atoms with Crippen molar-refractivity contribution in [3.8, 4) is 0 Å². The lowest BCUT2D eigenvalue weighted by molar-refractivity contribution is 0.499. The van der Waals surface area contributed by atoms with Gasteiger partial charge in [-0.15, -0.1) is 6.58 Å². The van der Waals surface area contributed by atoms with E-state index in [9.17, 15) is 0 Å². The highest BCUT2D eigenvalue weighted by molar-refractivity contribution is 8.17. The van der Waals surface area contributed by atoms with Gasteiger partial charge >= 0.3 is 0 Å². The zero-order chi connectivity index (χ0) is 18.8. The molecule has 2 rings (SSSR count). The fourth-order valence-corrected chi connectivity index (χ4v) is 2.96. The summed E-state index contributed by atoms with van der Waals surface area (Å²) < 4.78 is 5.31. The highest BCUT2D eigenvalue weighted by atomic mass is 32.2. The Morgan fingerprint density at radius 3 is 2.65 bits per heavy atom. The summed E-state index contributed by atoms with van der Waals surface area (Å²) in [6.07, 6.45) is 7.26. The van der Waals surface area contributed by atoms with Crippen molar-refractivity contribution >= 4 is 22.4 Å². The minimum absolute atomic E-state index is 0.627. The summed E-state index contributed by atoms with van der Waals surface area (Å²) in [5.41, 5.74) is 3.58. The molecular weight excluding hydrogens is 340 g/mol. The molecule has 0 aliphatic rings. The number of rotatable bonds is 9. The molecule has 0 aliphatic heterocycles. The van der Waals surface area contributed by atoms with Crippen molar-refractivity contribution in [2.75, 3.05) is 0 Å². The van der Waals surface area contributed by atoms with Gasteiger partial charge in [0.15, 0.2) is 0 Å². The van der Waals surface area contributed by atoms with Crippen molar-refractivity contribution < 1.29 is 4.42 Å². The monoisotopic (exact) mass is 366 g/mol. The van der Waals surface area contributed by atoms with E-state index in [0.29, 0.717) is 6.54 Å². The first kappa shape index (κ1) is 19.9. The maximum Gasteiger partial charge on any atom is 0.122 e. The van der Waals surface area contributed by atoms with Gasteiger partial charge in [0.1, 0.15) is 5.76 Å². The average molecular weight is 367 g/mol. The maximum atomic E-state index is 5.31. The Morgan fingerprint density at radius 2 is 2.04 bits per heavy atom. The smallest absolute Gasteiger partial charge is 0.122 e. The average Bonchev–Trinajstić information content (AvgIpc) is 3.17. The molecule has 3 nitrogen and oxygen atoms in total. The van der Waals surface area contributed by atoms with Gasteiger partial charge in [0, 0.05) is 6.20 Å². The highest BCUT2D eigenvalue weighted by Gasteiger charge is 2.03. The Morgan fingerprint density at radius 1 is 1.27 bits per heavy atom. The van der Waals surface area contributed by atoms with Crippen LogP contribution in [0.25, 0.3) is 5.57 Å². The largest absolute Gasteiger partial charge is 0.467 e. The summed E-state index contributed by atoms with van der Waals surface area (Å²) in [7, 11) is 0. The Balaban J connectivity index is 1.94. The fourth-order valence-electron chi connectivity index (χ4n) is 2.28. The van der Waals surface area contributed by atoms with Crippen molar-refractivity contribution in [2.45, 2.75) is 33.2 Å². The first-order chi connectivity index (χ1) is 12.6. The fraction of sp³-hybridized carbons (Fsp3) is 0.227. The number of benzene rings is 1. The van der Waals surface area contributed by atoms with E-state index in [2.05, 4.69) is 61.6 Å². The second-order valence-electron chi connectivity index (χ2n) is 5.84. The van der Waals surface area contributed by atoms with Crippen LogP contribution >= 0.6 is 11.8 Å². The summed E-state index contributed by atoms with van der Waals surface area (Å²) in [5, 5.41) is 5.13. The van der Waals surface area contributed by atoms with Crippen LogP contribution < -0.4 is 5.32 Å². The van der Waals surface area contributed by atoms with E-state index >= 15 is 0 Å². The van der Waals surface area contributed by atoms with Crippen LogP contribution in [0, 0.1) is 0 Å². The van der Waals surface area contributed by atoms with Crippen LogP contribution in [0.15, 0.2) is 82.5 Å². The van der Waals surface area contributed by atoms with E-state index < -0.39 is 0 Å². The number of nitrogens with one attached hydrogen (secondary N) is 1. The maximum absolute atomic E-state index is 5.31. The van der Waals surface area contributed by atoms with Gasteiger partial charge in [-0.3, -0.25) is 4.99 Å². The van der Waals surface area contributed by atoms with Crippen LogP contribution in [0.2, 0.25) is 0 Å². The van der Waals surface area contributed by atoms with Crippen LogP contribution in [-0.2, 0) is 13.0 Å². The second kappa shape index (κ2) is 10.5. The molecule has 0 spiro atoms. The topological polar surface area (TPSA) is 37.5 Å². The number of nitrogens with zero attached hydrogens (tertiary/aromatic N) is 1. The molecule has 4 heteroatoms. The molecule has 0 radical (unpaired) electrons. The first-order valence-electron chi connectivity index (χ1n) is 8.69. The number of aliphatic imine (C=N–C) groups is 1. The second-order valence-corrected chi connectivity index (χ2v) is 7.00. The number of thioether (sulfide) groups is 1. The quantitative estimate of drug-likeness (QED) is 0.327. The van der Waals surface area contributed by atoms with E-state index in [0.717, 1.165) is 34.2 Å². The molecule has 1 aromatic carbocycles. The van der Waals surface area contributed by atoms with Gasteiger partial charge in [0.05, 0.1) is 22.9 Å². The lowest BCUT2D eigenvalue weighted by Crippen LogP contribution is -2.10. The van der Waals surface area contributed by atoms with E-state index in [4.69, 9.17) is 4.42 Å².